The third-order valence-corrected chi connectivity index (χ3v) is 6.58. The van der Waals surface area contributed by atoms with Crippen LogP contribution in [-0.2, 0) is 65.4 Å². The molecule has 0 saturated carbocycles. The zero-order chi connectivity index (χ0) is 32.2. The molecular weight excluding hydrogens is 610 g/mol. The van der Waals surface area contributed by atoms with Crippen molar-refractivity contribution in [2.45, 2.75) is 84.5 Å². The third kappa shape index (κ3) is 21.7. The second-order valence-electron chi connectivity index (χ2n) is 8.69. The summed E-state index contributed by atoms with van der Waals surface area (Å²) in [6.45, 7) is 2.15. The molecule has 0 amide bonds. The van der Waals surface area contributed by atoms with Crippen LogP contribution in [0.1, 0.15) is 66.2 Å². The minimum atomic E-state index is -4.85. The maximum absolute atomic E-state index is 12.2. The van der Waals surface area contributed by atoms with Gasteiger partial charge in [-0.15, -0.1) is 0 Å². The Labute approximate surface area is 244 Å². The van der Waals surface area contributed by atoms with Gasteiger partial charge in [0, 0.05) is 26.2 Å². The number of carbonyl (C=O) groups is 4. The Morgan fingerprint density at radius 1 is 0.643 bits per heavy atom. The predicted molar refractivity (Wildman–Crippen MR) is 142 cm³/mol. The second kappa shape index (κ2) is 21.7. The monoisotopic (exact) mass is 652 g/mol. The van der Waals surface area contributed by atoms with Gasteiger partial charge in [0.05, 0.1) is 26.4 Å². The third-order valence-electron chi connectivity index (χ3n) is 4.68. The number of phosphoric acid groups is 2. The molecule has 2 unspecified atom stereocenters. The van der Waals surface area contributed by atoms with E-state index in [1.165, 1.54) is 6.92 Å². The number of hydrogen-bond donors (Lipinski definition) is 3. The number of hydrogen-bond acceptors (Lipinski definition) is 15. The molecule has 0 aliphatic carbocycles. The van der Waals surface area contributed by atoms with Gasteiger partial charge in [-0.05, 0) is 12.8 Å². The molecule has 0 aliphatic heterocycles. The van der Waals surface area contributed by atoms with E-state index in [9.17, 15) is 43.2 Å². The van der Waals surface area contributed by atoms with Gasteiger partial charge in [-0.3, -0.25) is 37.3 Å². The molecule has 3 N–H and O–H groups in total. The average molecular weight is 653 g/mol. The molecule has 0 aliphatic rings. The van der Waals surface area contributed by atoms with Gasteiger partial charge in [-0.25, -0.2) is 9.13 Å². The molecule has 0 radical (unpaired) electrons. The number of esters is 4. The molecule has 246 valence electrons. The van der Waals surface area contributed by atoms with Crippen LogP contribution in [0.5, 0.6) is 0 Å². The van der Waals surface area contributed by atoms with Crippen LogP contribution in [0.3, 0.4) is 0 Å². The zero-order valence-electron chi connectivity index (χ0n) is 24.2. The van der Waals surface area contributed by atoms with E-state index in [0.717, 1.165) is 13.3 Å². The quantitative estimate of drug-likeness (QED) is 0.0767. The number of aliphatic hydroxyl groups is 1. The van der Waals surface area contributed by atoms with Crippen LogP contribution in [0.15, 0.2) is 0 Å². The summed E-state index contributed by atoms with van der Waals surface area (Å²) in [7, 11) is -9.68. The lowest BCUT2D eigenvalue weighted by Gasteiger charge is -2.21. The fourth-order valence-corrected chi connectivity index (χ4v) is 4.16. The maximum Gasteiger partial charge on any atom is 0.472 e. The summed E-state index contributed by atoms with van der Waals surface area (Å²) in [6, 6.07) is 0. The number of rotatable bonds is 24. The number of ether oxygens (including phenoxy) is 4. The van der Waals surface area contributed by atoms with Crippen molar-refractivity contribution in [1.29, 1.82) is 0 Å². The van der Waals surface area contributed by atoms with Gasteiger partial charge in [0.15, 0.2) is 12.2 Å². The first-order chi connectivity index (χ1) is 19.6. The molecule has 42 heavy (non-hydrogen) atoms. The Kier molecular flexibility index (Phi) is 20.7. The van der Waals surface area contributed by atoms with Gasteiger partial charge in [0.2, 0.25) is 0 Å². The van der Waals surface area contributed by atoms with Crippen molar-refractivity contribution in [1.82, 2.24) is 0 Å². The minimum Gasteiger partial charge on any atom is -0.462 e. The lowest BCUT2D eigenvalue weighted by atomic mass is 10.2. The van der Waals surface area contributed by atoms with Crippen LogP contribution in [0.2, 0.25) is 0 Å². The summed E-state index contributed by atoms with van der Waals surface area (Å²) in [5.41, 5.74) is 0. The van der Waals surface area contributed by atoms with Gasteiger partial charge < -0.3 is 33.8 Å². The molecule has 0 fully saturated rings. The van der Waals surface area contributed by atoms with Gasteiger partial charge in [-0.2, -0.15) is 0 Å². The van der Waals surface area contributed by atoms with E-state index in [1.807, 2.05) is 6.92 Å². The summed E-state index contributed by atoms with van der Waals surface area (Å²) in [5.74, 6) is -2.57. The first-order valence-corrected chi connectivity index (χ1v) is 16.2. The van der Waals surface area contributed by atoms with Gasteiger partial charge in [0.25, 0.3) is 0 Å². The molecule has 0 rings (SSSR count). The fraction of sp³-hybridized carbons (Fsp3) is 0.826. The van der Waals surface area contributed by atoms with Crippen LogP contribution in [0, 0.1) is 0 Å². The maximum atomic E-state index is 12.2. The van der Waals surface area contributed by atoms with Crippen molar-refractivity contribution in [3.63, 3.8) is 0 Å². The standard InChI is InChI=1S/C23H42O17P2/c1-5-8-10-22(27)34-14-20(40-23(28)9-6-2)16-38-42(31,32)36-12-18(25)11-35-41(29,30)37-15-19(13-33-17(4)24)39-21(26)7-3/h18-20,25H,5-16H2,1-4H3,(H,29,30)(H,31,32)/t18-,19-,20-/m1/s1. The largest absolute Gasteiger partial charge is 0.472 e. The smallest absolute Gasteiger partial charge is 0.462 e. The van der Waals surface area contributed by atoms with Gasteiger partial charge in [0.1, 0.15) is 19.3 Å². The Morgan fingerprint density at radius 2 is 1.12 bits per heavy atom. The van der Waals surface area contributed by atoms with Crippen molar-refractivity contribution in [2.24, 2.45) is 0 Å². The van der Waals surface area contributed by atoms with Crippen molar-refractivity contribution >= 4 is 39.5 Å². The second-order valence-corrected chi connectivity index (χ2v) is 11.6. The normalized spacial score (nSPS) is 16.3. The number of phosphoric ester groups is 2. The summed E-state index contributed by atoms with van der Waals surface area (Å²) < 4.78 is 62.8. The van der Waals surface area contributed by atoms with E-state index in [1.54, 1.807) is 6.92 Å². The topological polar surface area (TPSA) is 237 Å². The molecular formula is C23H42O17P2. The molecule has 17 nitrogen and oxygen atoms in total. The average Bonchev–Trinajstić information content (AvgIpc) is 2.92. The fourth-order valence-electron chi connectivity index (χ4n) is 2.58. The van der Waals surface area contributed by atoms with Crippen LogP contribution in [-0.4, -0.2) is 96.7 Å². The molecule has 19 heteroatoms. The summed E-state index contributed by atoms with van der Waals surface area (Å²) in [6.07, 6.45) is -2.17. The molecule has 0 bridgehead atoms. The highest BCUT2D eigenvalue weighted by molar-refractivity contribution is 7.47. The van der Waals surface area contributed by atoms with E-state index in [0.29, 0.717) is 12.8 Å². The Bertz CT molecular complexity index is 927. The zero-order valence-corrected chi connectivity index (χ0v) is 26.0. The van der Waals surface area contributed by atoms with Crippen LogP contribution in [0.4, 0.5) is 0 Å². The highest BCUT2D eigenvalue weighted by Gasteiger charge is 2.30. The Balaban J connectivity index is 4.78. The lowest BCUT2D eigenvalue weighted by Crippen LogP contribution is -2.30. The Morgan fingerprint density at radius 3 is 1.57 bits per heavy atom. The van der Waals surface area contributed by atoms with Gasteiger partial charge in [-0.1, -0.05) is 27.2 Å². The molecule has 0 heterocycles. The molecule has 0 spiro atoms. The number of unbranched alkanes of at least 4 members (excludes halogenated alkanes) is 1. The first kappa shape index (κ1) is 40.1. The highest BCUT2D eigenvalue weighted by Crippen LogP contribution is 2.45. The SMILES string of the molecule is CCCCC(=O)OC[C@H](COP(=O)(O)OC[C@H](O)COP(=O)(O)OC[C@@H](COC(C)=O)OC(=O)CC)OC(=O)CCC. The number of aliphatic hydroxyl groups excluding tert-OH is 1. The van der Waals surface area contributed by atoms with Crippen molar-refractivity contribution in [3.8, 4) is 0 Å². The molecule has 0 saturated heterocycles. The first-order valence-electron chi connectivity index (χ1n) is 13.2. The van der Waals surface area contributed by atoms with Crippen molar-refractivity contribution in [2.75, 3.05) is 39.6 Å². The van der Waals surface area contributed by atoms with E-state index in [2.05, 4.69) is 9.05 Å². The summed E-state index contributed by atoms with van der Waals surface area (Å²) >= 11 is 0. The molecule has 5 atom stereocenters. The van der Waals surface area contributed by atoms with E-state index in [-0.39, 0.29) is 19.3 Å². The molecule has 0 aromatic heterocycles. The van der Waals surface area contributed by atoms with E-state index in [4.69, 9.17) is 28.0 Å². The minimum absolute atomic E-state index is 0.0222. The van der Waals surface area contributed by atoms with Crippen LogP contribution >= 0.6 is 15.6 Å². The number of carbonyl (C=O) groups excluding carboxylic acids is 4. The molecule has 0 aromatic rings. The van der Waals surface area contributed by atoms with Crippen LogP contribution in [0.25, 0.3) is 0 Å². The van der Waals surface area contributed by atoms with Gasteiger partial charge >= 0.3 is 39.5 Å². The Hall–Kier alpha value is -1.94. The lowest BCUT2D eigenvalue weighted by molar-refractivity contribution is -0.161. The summed E-state index contributed by atoms with van der Waals surface area (Å²) in [5, 5.41) is 9.94. The van der Waals surface area contributed by atoms with Crippen molar-refractivity contribution < 1.29 is 80.2 Å². The molecule has 0 aromatic carbocycles. The van der Waals surface area contributed by atoms with E-state index < -0.39 is 97.5 Å². The highest BCUT2D eigenvalue weighted by atomic mass is 31.2. The predicted octanol–water partition coefficient (Wildman–Crippen LogP) is 1.94. The van der Waals surface area contributed by atoms with Crippen LogP contribution < -0.4 is 0 Å². The van der Waals surface area contributed by atoms with E-state index >= 15 is 0 Å². The van der Waals surface area contributed by atoms with Crippen molar-refractivity contribution in [3.05, 3.63) is 0 Å². The summed E-state index contributed by atoms with van der Waals surface area (Å²) in [4.78, 5) is 65.8.